The van der Waals surface area contributed by atoms with Gasteiger partial charge in [-0.1, -0.05) is 13.3 Å². The van der Waals surface area contributed by atoms with E-state index in [-0.39, 0.29) is 18.6 Å². The zero-order valence-electron chi connectivity index (χ0n) is 12.0. The zero-order valence-corrected chi connectivity index (χ0v) is 12.8. The van der Waals surface area contributed by atoms with Gasteiger partial charge in [0.25, 0.3) is 0 Å². The van der Waals surface area contributed by atoms with Crippen LogP contribution in [0.2, 0.25) is 0 Å². The highest BCUT2D eigenvalue weighted by atomic mass is 35.5. The summed E-state index contributed by atoms with van der Waals surface area (Å²) in [5, 5.41) is 3.53. The first kappa shape index (κ1) is 16.2. The van der Waals surface area contributed by atoms with Crippen molar-refractivity contribution >= 4 is 12.4 Å². The molecule has 0 saturated carbocycles. The van der Waals surface area contributed by atoms with Crippen LogP contribution in [0.5, 0.6) is 0 Å². The van der Waals surface area contributed by atoms with Crippen LogP contribution < -0.4 is 5.32 Å². The number of hydrogen-bond donors (Lipinski definition) is 1. The van der Waals surface area contributed by atoms with Crippen LogP contribution in [0.3, 0.4) is 0 Å². The summed E-state index contributed by atoms with van der Waals surface area (Å²) in [7, 11) is 0. The van der Waals surface area contributed by atoms with Crippen molar-refractivity contribution < 1.29 is 4.74 Å². The molecule has 2 aliphatic rings. The van der Waals surface area contributed by atoms with Crippen LogP contribution in [0.15, 0.2) is 0 Å². The fourth-order valence-corrected chi connectivity index (χ4v) is 3.09. The Morgan fingerprint density at radius 1 is 1.33 bits per heavy atom. The molecule has 2 aliphatic heterocycles. The van der Waals surface area contributed by atoms with Gasteiger partial charge in [0.1, 0.15) is 6.23 Å². The van der Waals surface area contributed by atoms with Gasteiger partial charge >= 0.3 is 0 Å². The van der Waals surface area contributed by atoms with Crippen molar-refractivity contribution in [2.24, 2.45) is 5.92 Å². The van der Waals surface area contributed by atoms with E-state index in [0.29, 0.717) is 12.0 Å². The van der Waals surface area contributed by atoms with Crippen LogP contribution in [-0.4, -0.2) is 42.9 Å². The van der Waals surface area contributed by atoms with Gasteiger partial charge in [-0.2, -0.15) is 0 Å². The molecule has 2 heterocycles. The summed E-state index contributed by atoms with van der Waals surface area (Å²) in [6.07, 6.45) is 5.54. The lowest BCUT2D eigenvalue weighted by atomic mass is 9.96. The highest BCUT2D eigenvalue weighted by molar-refractivity contribution is 5.85. The molecule has 4 heteroatoms. The third kappa shape index (κ3) is 4.37. The molecule has 3 atom stereocenters. The van der Waals surface area contributed by atoms with E-state index in [2.05, 4.69) is 31.0 Å². The molecule has 3 unspecified atom stereocenters. The van der Waals surface area contributed by atoms with Crippen LogP contribution in [0, 0.1) is 5.92 Å². The number of nitrogens with one attached hydrogen (secondary N) is 1. The SMILES string of the molecule is CC1CNC(CC2CCCCN2C(C)C)OC1.Cl. The van der Waals surface area contributed by atoms with E-state index < -0.39 is 0 Å². The molecular weight excluding hydrogens is 248 g/mol. The topological polar surface area (TPSA) is 24.5 Å². The van der Waals surface area contributed by atoms with Crippen molar-refractivity contribution in [3.63, 3.8) is 0 Å². The molecule has 1 N–H and O–H groups in total. The van der Waals surface area contributed by atoms with E-state index in [1.807, 2.05) is 0 Å². The minimum Gasteiger partial charge on any atom is -0.363 e. The summed E-state index contributed by atoms with van der Waals surface area (Å²) in [6.45, 7) is 10.2. The monoisotopic (exact) mass is 276 g/mol. The average Bonchev–Trinajstić information content (AvgIpc) is 2.32. The maximum absolute atomic E-state index is 5.88. The molecule has 3 nitrogen and oxygen atoms in total. The van der Waals surface area contributed by atoms with E-state index in [0.717, 1.165) is 25.6 Å². The lowest BCUT2D eigenvalue weighted by molar-refractivity contribution is -0.0480. The van der Waals surface area contributed by atoms with Gasteiger partial charge in [0.05, 0.1) is 6.61 Å². The highest BCUT2D eigenvalue weighted by Crippen LogP contribution is 2.24. The predicted molar refractivity (Wildman–Crippen MR) is 78.3 cm³/mol. The number of rotatable bonds is 3. The minimum atomic E-state index is 0. The summed E-state index contributed by atoms with van der Waals surface area (Å²) in [5.41, 5.74) is 0. The van der Waals surface area contributed by atoms with E-state index >= 15 is 0 Å². The van der Waals surface area contributed by atoms with Crippen LogP contribution >= 0.6 is 12.4 Å². The molecule has 0 aromatic carbocycles. The highest BCUT2D eigenvalue weighted by Gasteiger charge is 2.28. The Bertz CT molecular complexity index is 230. The van der Waals surface area contributed by atoms with Crippen molar-refractivity contribution in [2.45, 2.75) is 64.8 Å². The molecule has 0 spiro atoms. The Hall–Kier alpha value is 0.170. The molecule has 0 amide bonds. The molecule has 2 saturated heterocycles. The van der Waals surface area contributed by atoms with Crippen molar-refractivity contribution in [1.29, 1.82) is 0 Å². The fraction of sp³-hybridized carbons (Fsp3) is 1.00. The number of nitrogens with zero attached hydrogens (tertiary/aromatic N) is 1. The fourth-order valence-electron chi connectivity index (χ4n) is 3.09. The molecule has 0 aliphatic carbocycles. The first-order valence-corrected chi connectivity index (χ1v) is 7.27. The van der Waals surface area contributed by atoms with Crippen LogP contribution in [-0.2, 0) is 4.74 Å². The van der Waals surface area contributed by atoms with Gasteiger partial charge in [-0.05, 0) is 39.2 Å². The number of likely N-dealkylation sites (tertiary alicyclic amines) is 1. The lowest BCUT2D eigenvalue weighted by Crippen LogP contribution is -2.50. The summed E-state index contributed by atoms with van der Waals surface area (Å²) in [4.78, 5) is 2.66. The molecular formula is C14H29ClN2O. The molecule has 18 heavy (non-hydrogen) atoms. The van der Waals surface area contributed by atoms with Gasteiger partial charge in [0, 0.05) is 25.0 Å². The quantitative estimate of drug-likeness (QED) is 0.858. The van der Waals surface area contributed by atoms with E-state index in [1.165, 1.54) is 25.8 Å². The third-order valence-electron chi connectivity index (χ3n) is 4.10. The first-order valence-electron chi connectivity index (χ1n) is 7.27. The van der Waals surface area contributed by atoms with Crippen LogP contribution in [0.4, 0.5) is 0 Å². The maximum atomic E-state index is 5.88. The van der Waals surface area contributed by atoms with Crippen molar-refractivity contribution in [3.8, 4) is 0 Å². The number of hydrogen-bond acceptors (Lipinski definition) is 3. The largest absolute Gasteiger partial charge is 0.363 e. The number of piperidine rings is 1. The number of ether oxygens (including phenoxy) is 1. The normalized spacial score (nSPS) is 34.3. The van der Waals surface area contributed by atoms with E-state index in [9.17, 15) is 0 Å². The Morgan fingerprint density at radius 3 is 2.72 bits per heavy atom. The predicted octanol–water partition coefficient (Wildman–Crippen LogP) is 2.64. The lowest BCUT2D eigenvalue weighted by Gasteiger charge is -2.41. The standard InChI is InChI=1S/C14H28N2O.ClH/c1-11(2)16-7-5-4-6-13(16)8-14-15-9-12(3)10-17-14;/h11-15H,4-10H2,1-3H3;1H. The molecule has 0 aromatic heterocycles. The van der Waals surface area contributed by atoms with Gasteiger partial charge < -0.3 is 4.74 Å². The minimum absolute atomic E-state index is 0. The molecule has 2 fully saturated rings. The summed E-state index contributed by atoms with van der Waals surface area (Å²) < 4.78 is 5.88. The van der Waals surface area contributed by atoms with Gasteiger partial charge in [-0.15, -0.1) is 12.4 Å². The van der Waals surface area contributed by atoms with Gasteiger partial charge in [-0.25, -0.2) is 0 Å². The van der Waals surface area contributed by atoms with Crippen LogP contribution in [0.25, 0.3) is 0 Å². The molecule has 108 valence electrons. The molecule has 0 bridgehead atoms. The first-order chi connectivity index (χ1) is 8.16. The second-order valence-corrected chi connectivity index (χ2v) is 6.05. The summed E-state index contributed by atoms with van der Waals surface area (Å²) >= 11 is 0. The summed E-state index contributed by atoms with van der Waals surface area (Å²) in [5.74, 6) is 0.666. The molecule has 0 radical (unpaired) electrons. The van der Waals surface area contributed by atoms with Gasteiger partial charge in [0.2, 0.25) is 0 Å². The summed E-state index contributed by atoms with van der Waals surface area (Å²) in [6, 6.07) is 1.39. The second kappa shape index (κ2) is 7.68. The third-order valence-corrected chi connectivity index (χ3v) is 4.10. The molecule has 2 rings (SSSR count). The smallest absolute Gasteiger partial charge is 0.109 e. The van der Waals surface area contributed by atoms with Gasteiger partial charge in [0.15, 0.2) is 0 Å². The maximum Gasteiger partial charge on any atom is 0.109 e. The molecule has 0 aromatic rings. The van der Waals surface area contributed by atoms with Gasteiger partial charge in [-0.3, -0.25) is 10.2 Å². The van der Waals surface area contributed by atoms with E-state index in [1.54, 1.807) is 0 Å². The Kier molecular flexibility index (Phi) is 6.93. The second-order valence-electron chi connectivity index (χ2n) is 6.05. The van der Waals surface area contributed by atoms with Crippen molar-refractivity contribution in [3.05, 3.63) is 0 Å². The number of halogens is 1. The Labute approximate surface area is 118 Å². The van der Waals surface area contributed by atoms with E-state index in [4.69, 9.17) is 4.74 Å². The van der Waals surface area contributed by atoms with Crippen LogP contribution in [0.1, 0.15) is 46.5 Å². The van der Waals surface area contributed by atoms with Crippen molar-refractivity contribution in [1.82, 2.24) is 10.2 Å². The van der Waals surface area contributed by atoms with Crippen molar-refractivity contribution in [2.75, 3.05) is 19.7 Å². The average molecular weight is 277 g/mol. The Morgan fingerprint density at radius 2 is 2.11 bits per heavy atom. The zero-order chi connectivity index (χ0) is 12.3. The Balaban J connectivity index is 0.00000162.